The molecule has 8 heteroatoms. The number of nitrogens with one attached hydrogen (secondary N) is 2. The Balaban J connectivity index is 0.00000364. The average molecular weight is 488 g/mol. The third-order valence-electron chi connectivity index (χ3n) is 3.57. The lowest BCUT2D eigenvalue weighted by Crippen LogP contribution is -2.43. The molecule has 0 saturated heterocycles. The number of ether oxygens (including phenoxy) is 2. The fourth-order valence-corrected chi connectivity index (χ4v) is 2.20. The molecule has 2 N–H and O–H groups in total. The molecule has 0 spiro atoms. The SMILES string of the molecule is CCC(CNC(=NC)NCCOc1cccnc1)Oc1cccc(F)c1.I. The van der Waals surface area contributed by atoms with Crippen molar-refractivity contribution in [2.75, 3.05) is 26.7 Å². The zero-order valence-corrected chi connectivity index (χ0v) is 17.9. The minimum absolute atomic E-state index is 0. The number of aliphatic imine (C=N–C) groups is 1. The summed E-state index contributed by atoms with van der Waals surface area (Å²) in [6.07, 6.45) is 4.06. The van der Waals surface area contributed by atoms with Gasteiger partial charge in [-0.2, -0.15) is 0 Å². The predicted molar refractivity (Wildman–Crippen MR) is 116 cm³/mol. The highest BCUT2D eigenvalue weighted by atomic mass is 127. The van der Waals surface area contributed by atoms with E-state index in [0.29, 0.717) is 31.4 Å². The number of pyridine rings is 1. The number of benzene rings is 1. The first kappa shape index (κ1) is 22.9. The summed E-state index contributed by atoms with van der Waals surface area (Å²) in [5.41, 5.74) is 0. The van der Waals surface area contributed by atoms with Crippen LogP contribution in [0.5, 0.6) is 11.5 Å². The standard InChI is InChI=1S/C19H25FN4O2.HI/c1-3-16(26-17-7-4-6-15(20)12-17)14-24-19(21-2)23-10-11-25-18-8-5-9-22-13-18;/h4-9,12-13,16H,3,10-11,14H2,1-2H3,(H2,21,23,24);1H. The van der Waals surface area contributed by atoms with Crippen molar-refractivity contribution in [1.82, 2.24) is 15.6 Å². The molecule has 1 aromatic carbocycles. The molecule has 2 rings (SSSR count). The van der Waals surface area contributed by atoms with Crippen molar-refractivity contribution >= 4 is 29.9 Å². The van der Waals surface area contributed by atoms with Gasteiger partial charge >= 0.3 is 0 Å². The van der Waals surface area contributed by atoms with Gasteiger partial charge in [-0.1, -0.05) is 13.0 Å². The van der Waals surface area contributed by atoms with E-state index in [4.69, 9.17) is 9.47 Å². The molecule has 27 heavy (non-hydrogen) atoms. The molecule has 0 radical (unpaired) electrons. The number of nitrogens with zero attached hydrogens (tertiary/aromatic N) is 2. The quantitative estimate of drug-likeness (QED) is 0.246. The van der Waals surface area contributed by atoms with Crippen molar-refractivity contribution in [2.24, 2.45) is 4.99 Å². The molecule has 0 aliphatic heterocycles. The highest BCUT2D eigenvalue weighted by Crippen LogP contribution is 2.14. The van der Waals surface area contributed by atoms with Crippen molar-refractivity contribution in [3.63, 3.8) is 0 Å². The average Bonchev–Trinajstić information content (AvgIpc) is 2.67. The number of rotatable bonds is 9. The largest absolute Gasteiger partial charge is 0.490 e. The molecular weight excluding hydrogens is 462 g/mol. The van der Waals surface area contributed by atoms with Crippen molar-refractivity contribution < 1.29 is 13.9 Å². The summed E-state index contributed by atoms with van der Waals surface area (Å²) >= 11 is 0. The Morgan fingerprint density at radius 1 is 1.22 bits per heavy atom. The summed E-state index contributed by atoms with van der Waals surface area (Å²) < 4.78 is 24.6. The molecule has 1 atom stereocenters. The van der Waals surface area contributed by atoms with Gasteiger partial charge in [0.15, 0.2) is 5.96 Å². The number of guanidine groups is 1. The van der Waals surface area contributed by atoms with E-state index in [1.54, 1.807) is 31.6 Å². The molecule has 0 saturated carbocycles. The molecule has 0 fully saturated rings. The molecule has 148 valence electrons. The molecule has 1 aromatic heterocycles. The summed E-state index contributed by atoms with van der Waals surface area (Å²) in [5, 5.41) is 6.38. The Labute approximate surface area is 176 Å². The van der Waals surface area contributed by atoms with E-state index in [1.807, 2.05) is 19.1 Å². The van der Waals surface area contributed by atoms with Gasteiger partial charge in [-0.05, 0) is 30.7 Å². The molecule has 0 aliphatic rings. The van der Waals surface area contributed by atoms with E-state index in [-0.39, 0.29) is 35.9 Å². The van der Waals surface area contributed by atoms with Crippen LogP contribution in [-0.2, 0) is 0 Å². The van der Waals surface area contributed by atoms with Gasteiger partial charge < -0.3 is 20.1 Å². The third kappa shape index (κ3) is 8.89. The predicted octanol–water partition coefficient (Wildman–Crippen LogP) is 3.24. The zero-order valence-electron chi connectivity index (χ0n) is 15.5. The van der Waals surface area contributed by atoms with E-state index >= 15 is 0 Å². The second-order valence-electron chi connectivity index (χ2n) is 5.52. The van der Waals surface area contributed by atoms with Crippen molar-refractivity contribution in [2.45, 2.75) is 19.4 Å². The van der Waals surface area contributed by atoms with Crippen LogP contribution in [0.1, 0.15) is 13.3 Å². The maximum Gasteiger partial charge on any atom is 0.191 e. The molecule has 6 nitrogen and oxygen atoms in total. The first-order valence-corrected chi connectivity index (χ1v) is 8.60. The van der Waals surface area contributed by atoms with E-state index in [9.17, 15) is 4.39 Å². The van der Waals surface area contributed by atoms with E-state index in [2.05, 4.69) is 20.6 Å². The van der Waals surface area contributed by atoms with Crippen molar-refractivity contribution in [1.29, 1.82) is 0 Å². The number of hydrogen-bond donors (Lipinski definition) is 2. The van der Waals surface area contributed by atoms with Gasteiger partial charge in [0.25, 0.3) is 0 Å². The lowest BCUT2D eigenvalue weighted by molar-refractivity contribution is 0.198. The molecule has 0 amide bonds. The smallest absolute Gasteiger partial charge is 0.191 e. The van der Waals surface area contributed by atoms with Crippen LogP contribution in [0.3, 0.4) is 0 Å². The third-order valence-corrected chi connectivity index (χ3v) is 3.57. The maximum absolute atomic E-state index is 13.2. The van der Waals surface area contributed by atoms with E-state index in [0.717, 1.165) is 12.2 Å². The molecule has 1 unspecified atom stereocenters. The van der Waals surface area contributed by atoms with Crippen molar-refractivity contribution in [3.8, 4) is 11.5 Å². The number of hydrogen-bond acceptors (Lipinski definition) is 4. The summed E-state index contributed by atoms with van der Waals surface area (Å²) in [6, 6.07) is 9.83. The minimum atomic E-state index is -0.309. The van der Waals surface area contributed by atoms with Crippen LogP contribution in [0, 0.1) is 5.82 Å². The van der Waals surface area contributed by atoms with E-state index < -0.39 is 0 Å². The van der Waals surface area contributed by atoms with Crippen LogP contribution < -0.4 is 20.1 Å². The van der Waals surface area contributed by atoms with Crippen LogP contribution in [0.15, 0.2) is 53.8 Å². The maximum atomic E-state index is 13.2. The summed E-state index contributed by atoms with van der Waals surface area (Å²) in [4.78, 5) is 8.16. The fourth-order valence-electron chi connectivity index (χ4n) is 2.20. The topological polar surface area (TPSA) is 67.8 Å². The Morgan fingerprint density at radius 3 is 2.70 bits per heavy atom. The Morgan fingerprint density at radius 2 is 2.04 bits per heavy atom. The first-order chi connectivity index (χ1) is 12.7. The second-order valence-corrected chi connectivity index (χ2v) is 5.52. The fraction of sp³-hybridized carbons (Fsp3) is 0.368. The lowest BCUT2D eigenvalue weighted by Gasteiger charge is -2.20. The van der Waals surface area contributed by atoms with Gasteiger partial charge in [0, 0.05) is 19.3 Å². The summed E-state index contributed by atoms with van der Waals surface area (Å²) in [6.45, 7) is 3.65. The van der Waals surface area contributed by atoms with Gasteiger partial charge in [-0.25, -0.2) is 4.39 Å². The van der Waals surface area contributed by atoms with Crippen LogP contribution >= 0.6 is 24.0 Å². The van der Waals surface area contributed by atoms with Gasteiger partial charge in [-0.3, -0.25) is 9.98 Å². The number of halogens is 2. The molecular formula is C19H26FIN4O2. The minimum Gasteiger partial charge on any atom is -0.490 e. The zero-order chi connectivity index (χ0) is 18.6. The monoisotopic (exact) mass is 488 g/mol. The summed E-state index contributed by atoms with van der Waals surface area (Å²) in [5.74, 6) is 1.59. The Bertz CT molecular complexity index is 688. The molecule has 1 heterocycles. The van der Waals surface area contributed by atoms with Crippen LogP contribution in [0.25, 0.3) is 0 Å². The van der Waals surface area contributed by atoms with Crippen molar-refractivity contribution in [3.05, 3.63) is 54.6 Å². The first-order valence-electron chi connectivity index (χ1n) is 8.60. The van der Waals surface area contributed by atoms with Crippen LogP contribution in [0.4, 0.5) is 4.39 Å². The normalized spacial score (nSPS) is 11.9. The van der Waals surface area contributed by atoms with E-state index in [1.165, 1.54) is 12.1 Å². The van der Waals surface area contributed by atoms with Gasteiger partial charge in [0.2, 0.25) is 0 Å². The Hall–Kier alpha value is -2.10. The molecule has 0 bridgehead atoms. The van der Waals surface area contributed by atoms with Crippen LogP contribution in [-0.4, -0.2) is 43.8 Å². The van der Waals surface area contributed by atoms with Gasteiger partial charge in [-0.15, -0.1) is 24.0 Å². The number of aromatic nitrogens is 1. The highest BCUT2D eigenvalue weighted by molar-refractivity contribution is 14.0. The lowest BCUT2D eigenvalue weighted by atomic mass is 10.2. The second kappa shape index (κ2) is 13.1. The highest BCUT2D eigenvalue weighted by Gasteiger charge is 2.10. The van der Waals surface area contributed by atoms with Gasteiger partial charge in [0.05, 0.1) is 19.3 Å². The molecule has 2 aromatic rings. The van der Waals surface area contributed by atoms with Gasteiger partial charge in [0.1, 0.15) is 30.0 Å². The summed E-state index contributed by atoms with van der Waals surface area (Å²) in [7, 11) is 1.70. The van der Waals surface area contributed by atoms with Crippen LogP contribution in [0.2, 0.25) is 0 Å². The molecule has 0 aliphatic carbocycles. The Kier molecular flexibility index (Phi) is 11.2.